The lowest BCUT2D eigenvalue weighted by atomic mass is 10.1. The van der Waals surface area contributed by atoms with Crippen LogP contribution in [-0.2, 0) is 9.59 Å². The first kappa shape index (κ1) is 20.2. The quantitative estimate of drug-likeness (QED) is 0.680. The van der Waals surface area contributed by atoms with Gasteiger partial charge in [-0.25, -0.2) is 0 Å². The summed E-state index contributed by atoms with van der Waals surface area (Å²) in [5.74, 6) is -0.563. The number of carbonyl (C=O) groups is 3. The fourth-order valence-electron chi connectivity index (χ4n) is 3.58. The molecule has 3 amide bonds. The van der Waals surface area contributed by atoms with Gasteiger partial charge in [0.2, 0.25) is 5.91 Å². The zero-order valence-corrected chi connectivity index (χ0v) is 17.6. The van der Waals surface area contributed by atoms with Crippen molar-refractivity contribution in [2.45, 2.75) is 12.8 Å². The summed E-state index contributed by atoms with van der Waals surface area (Å²) in [6.45, 7) is 1.23. The van der Waals surface area contributed by atoms with E-state index in [0.717, 1.165) is 46.4 Å². The fraction of sp³-hybridized carbons (Fsp3) is 0.261. The first-order valence-corrected chi connectivity index (χ1v) is 10.8. The molecule has 0 aromatic heterocycles. The van der Waals surface area contributed by atoms with Gasteiger partial charge in [-0.2, -0.15) is 0 Å². The summed E-state index contributed by atoms with van der Waals surface area (Å²) < 4.78 is 0. The zero-order valence-electron chi connectivity index (χ0n) is 16.8. The Hall–Kier alpha value is -3.06. The SMILES string of the molecule is CN(c1ccccc1)c1ccc(/C=C2\SC(=O)N(CC(=O)N3CCCC3)C2=O)cc1. The van der Waals surface area contributed by atoms with Crippen LogP contribution >= 0.6 is 11.8 Å². The number of hydrogen-bond acceptors (Lipinski definition) is 5. The smallest absolute Gasteiger partial charge is 0.294 e. The average molecular weight is 422 g/mol. The summed E-state index contributed by atoms with van der Waals surface area (Å²) in [6.07, 6.45) is 3.66. The van der Waals surface area contributed by atoms with Crippen molar-refractivity contribution in [1.29, 1.82) is 0 Å². The summed E-state index contributed by atoms with van der Waals surface area (Å²) in [7, 11) is 1.99. The molecule has 2 aliphatic heterocycles. The van der Waals surface area contributed by atoms with E-state index in [4.69, 9.17) is 0 Å². The Bertz CT molecular complexity index is 983. The number of carbonyl (C=O) groups excluding carboxylic acids is 3. The zero-order chi connectivity index (χ0) is 21.1. The van der Waals surface area contributed by atoms with Crippen molar-refractivity contribution < 1.29 is 14.4 Å². The highest BCUT2D eigenvalue weighted by atomic mass is 32.2. The van der Waals surface area contributed by atoms with Crippen molar-refractivity contribution in [2.75, 3.05) is 31.6 Å². The first-order valence-electron chi connectivity index (χ1n) is 9.95. The molecule has 4 rings (SSSR count). The number of anilines is 2. The van der Waals surface area contributed by atoms with Crippen molar-refractivity contribution in [1.82, 2.24) is 9.80 Å². The van der Waals surface area contributed by atoms with Crippen molar-refractivity contribution in [3.05, 3.63) is 65.1 Å². The molecule has 2 fully saturated rings. The van der Waals surface area contributed by atoms with Crippen LogP contribution in [0.2, 0.25) is 0 Å². The molecule has 0 unspecified atom stereocenters. The molecule has 2 aromatic carbocycles. The van der Waals surface area contributed by atoms with E-state index in [1.807, 2.05) is 61.6 Å². The highest BCUT2D eigenvalue weighted by molar-refractivity contribution is 8.18. The van der Waals surface area contributed by atoms with Crippen LogP contribution in [0.3, 0.4) is 0 Å². The van der Waals surface area contributed by atoms with Crippen LogP contribution in [0.4, 0.5) is 16.2 Å². The van der Waals surface area contributed by atoms with Crippen LogP contribution in [-0.4, -0.2) is 53.5 Å². The molecule has 2 aliphatic rings. The Balaban J connectivity index is 1.45. The summed E-state index contributed by atoms with van der Waals surface area (Å²) in [6, 6.07) is 17.8. The Morgan fingerprint density at radius 2 is 1.63 bits per heavy atom. The van der Waals surface area contributed by atoms with Crippen LogP contribution in [0.25, 0.3) is 6.08 Å². The van der Waals surface area contributed by atoms with Crippen molar-refractivity contribution in [3.8, 4) is 0 Å². The number of hydrogen-bond donors (Lipinski definition) is 0. The van der Waals surface area contributed by atoms with Gasteiger partial charge in [0, 0.05) is 31.5 Å². The molecule has 2 aromatic rings. The lowest BCUT2D eigenvalue weighted by Gasteiger charge is -2.19. The van der Waals surface area contributed by atoms with E-state index in [9.17, 15) is 14.4 Å². The number of para-hydroxylation sites is 1. The maximum Gasteiger partial charge on any atom is 0.294 e. The molecular formula is C23H23N3O3S. The van der Waals surface area contributed by atoms with Crippen LogP contribution in [0.5, 0.6) is 0 Å². The van der Waals surface area contributed by atoms with Crippen LogP contribution in [0.15, 0.2) is 59.5 Å². The van der Waals surface area contributed by atoms with Gasteiger partial charge in [-0.1, -0.05) is 30.3 Å². The van der Waals surface area contributed by atoms with Gasteiger partial charge < -0.3 is 9.80 Å². The predicted octanol–water partition coefficient (Wildman–Crippen LogP) is 4.11. The normalized spacial score (nSPS) is 17.8. The molecule has 0 N–H and O–H groups in total. The molecule has 7 heteroatoms. The number of amides is 3. The third kappa shape index (κ3) is 4.26. The van der Waals surface area contributed by atoms with Gasteiger partial charge >= 0.3 is 0 Å². The second kappa shape index (κ2) is 8.75. The molecule has 0 atom stereocenters. The molecule has 0 saturated carbocycles. The number of thioether (sulfide) groups is 1. The number of benzene rings is 2. The van der Waals surface area contributed by atoms with Gasteiger partial charge in [-0.05, 0) is 60.5 Å². The maximum atomic E-state index is 12.7. The lowest BCUT2D eigenvalue weighted by molar-refractivity contribution is -0.135. The maximum absolute atomic E-state index is 12.7. The molecular weight excluding hydrogens is 398 g/mol. The second-order valence-corrected chi connectivity index (χ2v) is 8.34. The minimum Gasteiger partial charge on any atom is -0.345 e. The van der Waals surface area contributed by atoms with Crippen LogP contribution in [0, 0.1) is 0 Å². The largest absolute Gasteiger partial charge is 0.345 e. The van der Waals surface area contributed by atoms with E-state index in [0.29, 0.717) is 18.0 Å². The molecule has 0 aliphatic carbocycles. The fourth-order valence-corrected chi connectivity index (χ4v) is 4.42. The van der Waals surface area contributed by atoms with E-state index in [-0.39, 0.29) is 17.7 Å². The van der Waals surface area contributed by atoms with E-state index in [1.165, 1.54) is 0 Å². The van der Waals surface area contributed by atoms with E-state index in [1.54, 1.807) is 11.0 Å². The van der Waals surface area contributed by atoms with E-state index < -0.39 is 5.91 Å². The lowest BCUT2D eigenvalue weighted by Crippen LogP contribution is -2.40. The van der Waals surface area contributed by atoms with Gasteiger partial charge in [-0.15, -0.1) is 0 Å². The molecule has 2 heterocycles. The van der Waals surface area contributed by atoms with Gasteiger partial charge in [0.05, 0.1) is 4.91 Å². The molecule has 6 nitrogen and oxygen atoms in total. The number of imide groups is 1. The molecule has 154 valence electrons. The number of rotatable bonds is 5. The van der Waals surface area contributed by atoms with Crippen molar-refractivity contribution in [3.63, 3.8) is 0 Å². The average Bonchev–Trinajstić information content (AvgIpc) is 3.39. The molecule has 2 saturated heterocycles. The van der Waals surface area contributed by atoms with E-state index in [2.05, 4.69) is 4.90 Å². The number of nitrogens with zero attached hydrogens (tertiary/aromatic N) is 3. The topological polar surface area (TPSA) is 60.9 Å². The van der Waals surface area contributed by atoms with Gasteiger partial charge in [0.25, 0.3) is 11.1 Å². The Labute approximate surface area is 180 Å². The van der Waals surface area contributed by atoms with Crippen molar-refractivity contribution >= 4 is 46.3 Å². The van der Waals surface area contributed by atoms with E-state index >= 15 is 0 Å². The Morgan fingerprint density at radius 3 is 2.30 bits per heavy atom. The molecule has 0 bridgehead atoms. The van der Waals surface area contributed by atoms with Crippen LogP contribution < -0.4 is 4.90 Å². The molecule has 0 spiro atoms. The summed E-state index contributed by atoms with van der Waals surface area (Å²) in [5.41, 5.74) is 2.92. The summed E-state index contributed by atoms with van der Waals surface area (Å²) in [5, 5.41) is -0.390. The molecule has 0 radical (unpaired) electrons. The van der Waals surface area contributed by atoms with Crippen LogP contribution in [0.1, 0.15) is 18.4 Å². The predicted molar refractivity (Wildman–Crippen MR) is 119 cm³/mol. The third-order valence-electron chi connectivity index (χ3n) is 5.35. The Morgan fingerprint density at radius 1 is 1.00 bits per heavy atom. The second-order valence-electron chi connectivity index (χ2n) is 7.34. The standard InChI is InChI=1S/C23H23N3O3S/c1-24(18-7-3-2-4-8-18)19-11-9-17(10-12-19)15-20-22(28)26(23(29)30-20)16-21(27)25-13-5-6-14-25/h2-4,7-12,15H,5-6,13-14,16H2,1H3/b20-15-. The highest BCUT2D eigenvalue weighted by Crippen LogP contribution is 2.33. The summed E-state index contributed by atoms with van der Waals surface area (Å²) in [4.78, 5) is 42.5. The minimum atomic E-state index is -0.400. The van der Waals surface area contributed by atoms with Crippen molar-refractivity contribution in [2.24, 2.45) is 0 Å². The molecule has 30 heavy (non-hydrogen) atoms. The monoisotopic (exact) mass is 421 g/mol. The van der Waals surface area contributed by atoms with Gasteiger partial charge in [0.15, 0.2) is 0 Å². The third-order valence-corrected chi connectivity index (χ3v) is 6.25. The Kier molecular flexibility index (Phi) is 5.90. The van der Waals surface area contributed by atoms with Gasteiger partial charge in [0.1, 0.15) is 6.54 Å². The minimum absolute atomic E-state index is 0.163. The summed E-state index contributed by atoms with van der Waals surface area (Å²) >= 11 is 0.886. The first-order chi connectivity index (χ1) is 14.5. The highest BCUT2D eigenvalue weighted by Gasteiger charge is 2.37. The van der Waals surface area contributed by atoms with Gasteiger partial charge in [-0.3, -0.25) is 19.3 Å². The number of likely N-dealkylation sites (tertiary alicyclic amines) is 1.